The quantitative estimate of drug-likeness (QED) is 0.855. The third kappa shape index (κ3) is 4.79. The zero-order valence-corrected chi connectivity index (χ0v) is 13.9. The van der Waals surface area contributed by atoms with Gasteiger partial charge >= 0.3 is 0 Å². The van der Waals surface area contributed by atoms with E-state index >= 15 is 0 Å². The number of nitrogens with one attached hydrogen (secondary N) is 1. The van der Waals surface area contributed by atoms with Gasteiger partial charge in [0.05, 0.1) is 6.04 Å². The Balaban J connectivity index is 2.61. The number of hydrogen-bond donors (Lipinski definition) is 1. The molecule has 1 N–H and O–H groups in total. The van der Waals surface area contributed by atoms with E-state index in [4.69, 9.17) is 11.6 Å². The molecule has 1 amide bonds. The third-order valence-electron chi connectivity index (χ3n) is 3.05. The Morgan fingerprint density at radius 1 is 1.42 bits per heavy atom. The van der Waals surface area contributed by atoms with E-state index in [1.54, 1.807) is 0 Å². The van der Waals surface area contributed by atoms with Gasteiger partial charge in [-0.25, -0.2) is 0 Å². The number of likely N-dealkylation sites (N-methyl/N-ethyl adjacent to an activating group) is 1. The Kier molecular flexibility index (Phi) is 6.83. The number of halogens is 2. The fourth-order valence-corrected chi connectivity index (χ4v) is 2.43. The van der Waals surface area contributed by atoms with Crippen molar-refractivity contribution in [1.82, 2.24) is 10.2 Å². The van der Waals surface area contributed by atoms with E-state index in [9.17, 15) is 4.79 Å². The predicted octanol–water partition coefficient (Wildman–Crippen LogP) is 3.45. The van der Waals surface area contributed by atoms with Gasteiger partial charge in [-0.2, -0.15) is 0 Å². The number of rotatable bonds is 6. The number of benzene rings is 1. The molecule has 0 saturated carbocycles. The van der Waals surface area contributed by atoms with Crippen molar-refractivity contribution in [2.75, 3.05) is 13.1 Å². The summed E-state index contributed by atoms with van der Waals surface area (Å²) in [6, 6.07) is 5.50. The molecular weight excluding hydrogens is 328 g/mol. The molecule has 1 rings (SSSR count). The average molecular weight is 348 g/mol. The second-order valence-electron chi connectivity index (χ2n) is 4.35. The molecule has 0 aliphatic carbocycles. The SMILES string of the molecule is CCN(CC)C(=O)C(C)NCc1cc(Br)ccc1Cl. The highest BCUT2D eigenvalue weighted by molar-refractivity contribution is 9.10. The second-order valence-corrected chi connectivity index (χ2v) is 5.67. The summed E-state index contributed by atoms with van der Waals surface area (Å²) in [5.41, 5.74) is 0.982. The van der Waals surface area contributed by atoms with Crippen molar-refractivity contribution in [1.29, 1.82) is 0 Å². The van der Waals surface area contributed by atoms with Crippen LogP contribution in [0, 0.1) is 0 Å². The summed E-state index contributed by atoms with van der Waals surface area (Å²) < 4.78 is 0.983. The number of amides is 1. The molecule has 1 aromatic carbocycles. The summed E-state index contributed by atoms with van der Waals surface area (Å²) >= 11 is 9.54. The van der Waals surface area contributed by atoms with Crippen LogP contribution in [-0.2, 0) is 11.3 Å². The molecule has 19 heavy (non-hydrogen) atoms. The number of hydrogen-bond acceptors (Lipinski definition) is 2. The number of carbonyl (C=O) groups excluding carboxylic acids is 1. The fourth-order valence-electron chi connectivity index (χ4n) is 1.84. The van der Waals surface area contributed by atoms with E-state index in [0.29, 0.717) is 11.6 Å². The molecule has 0 saturated heterocycles. The molecular formula is C14H20BrClN2O. The molecule has 1 aromatic rings. The summed E-state index contributed by atoms with van der Waals surface area (Å²) in [5.74, 6) is 0.121. The Labute approximate surface area is 128 Å². The Morgan fingerprint density at radius 3 is 2.63 bits per heavy atom. The molecule has 3 nitrogen and oxygen atoms in total. The van der Waals surface area contributed by atoms with Crippen LogP contribution in [0.15, 0.2) is 22.7 Å². The largest absolute Gasteiger partial charge is 0.342 e. The van der Waals surface area contributed by atoms with Gasteiger partial charge in [0, 0.05) is 29.1 Å². The maximum atomic E-state index is 12.1. The van der Waals surface area contributed by atoms with Crippen molar-refractivity contribution in [3.05, 3.63) is 33.3 Å². The lowest BCUT2D eigenvalue weighted by atomic mass is 10.2. The Morgan fingerprint density at radius 2 is 2.05 bits per heavy atom. The van der Waals surface area contributed by atoms with Gasteiger partial charge in [0.15, 0.2) is 0 Å². The van der Waals surface area contributed by atoms with Crippen LogP contribution in [0.25, 0.3) is 0 Å². The van der Waals surface area contributed by atoms with Crippen molar-refractivity contribution in [2.45, 2.75) is 33.4 Å². The molecule has 106 valence electrons. The van der Waals surface area contributed by atoms with Crippen molar-refractivity contribution in [3.63, 3.8) is 0 Å². The van der Waals surface area contributed by atoms with Crippen LogP contribution in [-0.4, -0.2) is 29.9 Å². The summed E-state index contributed by atoms with van der Waals surface area (Å²) in [6.07, 6.45) is 0. The van der Waals surface area contributed by atoms with E-state index in [1.165, 1.54) is 0 Å². The van der Waals surface area contributed by atoms with Gasteiger partial charge in [0.25, 0.3) is 0 Å². The van der Waals surface area contributed by atoms with Crippen molar-refractivity contribution in [3.8, 4) is 0 Å². The highest BCUT2D eigenvalue weighted by Gasteiger charge is 2.17. The lowest BCUT2D eigenvalue weighted by molar-refractivity contribution is -0.132. The summed E-state index contributed by atoms with van der Waals surface area (Å²) in [5, 5.41) is 3.93. The Hall–Kier alpha value is -0.580. The lowest BCUT2D eigenvalue weighted by Gasteiger charge is -2.23. The normalized spacial score (nSPS) is 12.3. The molecule has 0 bridgehead atoms. The van der Waals surface area contributed by atoms with Gasteiger partial charge in [0.2, 0.25) is 5.91 Å². The topological polar surface area (TPSA) is 32.3 Å². The molecule has 0 radical (unpaired) electrons. The molecule has 0 spiro atoms. The van der Waals surface area contributed by atoms with Crippen LogP contribution < -0.4 is 5.32 Å². The van der Waals surface area contributed by atoms with Gasteiger partial charge in [-0.1, -0.05) is 27.5 Å². The summed E-state index contributed by atoms with van der Waals surface area (Å²) in [7, 11) is 0. The first-order valence-electron chi connectivity index (χ1n) is 6.45. The zero-order valence-electron chi connectivity index (χ0n) is 11.5. The predicted molar refractivity (Wildman–Crippen MR) is 83.4 cm³/mol. The van der Waals surface area contributed by atoms with Gasteiger partial charge in [-0.05, 0) is 44.5 Å². The summed E-state index contributed by atoms with van der Waals surface area (Å²) in [4.78, 5) is 13.9. The lowest BCUT2D eigenvalue weighted by Crippen LogP contribution is -2.44. The van der Waals surface area contributed by atoms with E-state index in [-0.39, 0.29) is 11.9 Å². The minimum Gasteiger partial charge on any atom is -0.342 e. The number of carbonyl (C=O) groups is 1. The van der Waals surface area contributed by atoms with Crippen LogP contribution in [0.2, 0.25) is 5.02 Å². The smallest absolute Gasteiger partial charge is 0.239 e. The summed E-state index contributed by atoms with van der Waals surface area (Å²) in [6.45, 7) is 7.90. The number of nitrogens with zero attached hydrogens (tertiary/aromatic N) is 1. The average Bonchev–Trinajstić information content (AvgIpc) is 2.40. The highest BCUT2D eigenvalue weighted by Crippen LogP contribution is 2.20. The Bertz CT molecular complexity index is 435. The monoisotopic (exact) mass is 346 g/mol. The molecule has 1 atom stereocenters. The first-order valence-corrected chi connectivity index (χ1v) is 7.62. The minimum absolute atomic E-state index is 0.121. The minimum atomic E-state index is -0.213. The van der Waals surface area contributed by atoms with Gasteiger partial charge < -0.3 is 10.2 Å². The van der Waals surface area contributed by atoms with Crippen molar-refractivity contribution >= 4 is 33.4 Å². The van der Waals surface area contributed by atoms with Gasteiger partial charge in [0.1, 0.15) is 0 Å². The van der Waals surface area contributed by atoms with Crippen LogP contribution in [0.3, 0.4) is 0 Å². The zero-order chi connectivity index (χ0) is 14.4. The van der Waals surface area contributed by atoms with E-state index < -0.39 is 0 Å². The third-order valence-corrected chi connectivity index (χ3v) is 3.91. The molecule has 1 unspecified atom stereocenters. The van der Waals surface area contributed by atoms with Crippen molar-refractivity contribution < 1.29 is 4.79 Å². The second kappa shape index (κ2) is 7.88. The van der Waals surface area contributed by atoms with E-state index in [0.717, 1.165) is 23.1 Å². The van der Waals surface area contributed by atoms with Crippen molar-refractivity contribution in [2.24, 2.45) is 0 Å². The molecule has 0 heterocycles. The van der Waals surface area contributed by atoms with Crippen LogP contribution >= 0.6 is 27.5 Å². The van der Waals surface area contributed by atoms with Gasteiger partial charge in [-0.15, -0.1) is 0 Å². The fraction of sp³-hybridized carbons (Fsp3) is 0.500. The molecule has 0 aromatic heterocycles. The molecule has 5 heteroatoms. The van der Waals surface area contributed by atoms with Gasteiger partial charge in [-0.3, -0.25) is 4.79 Å². The molecule has 0 aliphatic heterocycles. The van der Waals surface area contributed by atoms with Crippen LogP contribution in [0.1, 0.15) is 26.3 Å². The standard InChI is InChI=1S/C14H20BrClN2O/c1-4-18(5-2)14(19)10(3)17-9-11-8-12(15)6-7-13(11)16/h6-8,10,17H,4-5,9H2,1-3H3. The maximum absolute atomic E-state index is 12.1. The van der Waals surface area contributed by atoms with Crippen LogP contribution in [0.4, 0.5) is 0 Å². The van der Waals surface area contributed by atoms with E-state index in [1.807, 2.05) is 43.9 Å². The molecule has 0 fully saturated rings. The maximum Gasteiger partial charge on any atom is 0.239 e. The molecule has 0 aliphatic rings. The van der Waals surface area contributed by atoms with E-state index in [2.05, 4.69) is 21.2 Å². The van der Waals surface area contributed by atoms with Crippen LogP contribution in [0.5, 0.6) is 0 Å². The highest BCUT2D eigenvalue weighted by atomic mass is 79.9. The first-order chi connectivity index (χ1) is 8.99. The first kappa shape index (κ1) is 16.5.